The molecular formula is C22H22O4. The van der Waals surface area contributed by atoms with Gasteiger partial charge in [0.05, 0.1) is 12.5 Å². The number of allylic oxidation sites excluding steroid dienone is 1. The first-order valence-electron chi connectivity index (χ1n) is 8.70. The SMILES string of the molecule is CC(=O)OC[C@@H]1CC=C[C@@](O)(c2ccccc2)[C@H]1C(=O)c1ccccc1. The number of carbonyl (C=O) groups excluding carboxylic acids is 2. The summed E-state index contributed by atoms with van der Waals surface area (Å²) in [6.45, 7) is 1.44. The number of esters is 1. The third-order valence-corrected chi connectivity index (χ3v) is 4.83. The topological polar surface area (TPSA) is 63.6 Å². The van der Waals surface area contributed by atoms with E-state index in [1.165, 1.54) is 6.92 Å². The highest BCUT2D eigenvalue weighted by atomic mass is 16.5. The Kier molecular flexibility index (Phi) is 5.33. The van der Waals surface area contributed by atoms with Gasteiger partial charge < -0.3 is 9.84 Å². The zero-order chi connectivity index (χ0) is 18.6. The molecule has 0 fully saturated rings. The first-order chi connectivity index (χ1) is 12.5. The molecule has 1 N–H and O–H groups in total. The summed E-state index contributed by atoms with van der Waals surface area (Å²) in [4.78, 5) is 24.6. The van der Waals surface area contributed by atoms with Crippen LogP contribution in [0.15, 0.2) is 72.8 Å². The van der Waals surface area contributed by atoms with Crippen LogP contribution in [0.5, 0.6) is 0 Å². The number of hydrogen-bond donors (Lipinski definition) is 1. The predicted octanol–water partition coefficient (Wildman–Crippen LogP) is 3.51. The van der Waals surface area contributed by atoms with Crippen molar-refractivity contribution in [1.82, 2.24) is 0 Å². The molecule has 0 bridgehead atoms. The molecule has 0 radical (unpaired) electrons. The van der Waals surface area contributed by atoms with Crippen LogP contribution in [0.1, 0.15) is 29.3 Å². The summed E-state index contributed by atoms with van der Waals surface area (Å²) < 4.78 is 5.19. The van der Waals surface area contributed by atoms with E-state index >= 15 is 0 Å². The fourth-order valence-electron chi connectivity index (χ4n) is 3.59. The summed E-state index contributed by atoms with van der Waals surface area (Å²) in [6, 6.07) is 18.1. The third kappa shape index (κ3) is 3.60. The van der Waals surface area contributed by atoms with Crippen molar-refractivity contribution >= 4 is 11.8 Å². The Morgan fingerprint density at radius 3 is 2.31 bits per heavy atom. The average Bonchev–Trinajstić information content (AvgIpc) is 2.67. The summed E-state index contributed by atoms with van der Waals surface area (Å²) in [6.07, 6.45) is 4.11. The fourth-order valence-corrected chi connectivity index (χ4v) is 3.59. The van der Waals surface area contributed by atoms with Crippen LogP contribution in [-0.2, 0) is 15.1 Å². The van der Waals surface area contributed by atoms with E-state index in [9.17, 15) is 14.7 Å². The molecule has 0 unspecified atom stereocenters. The van der Waals surface area contributed by atoms with E-state index < -0.39 is 17.5 Å². The number of ketones is 1. The molecule has 0 saturated carbocycles. The van der Waals surface area contributed by atoms with Crippen LogP contribution >= 0.6 is 0 Å². The van der Waals surface area contributed by atoms with Crippen molar-refractivity contribution in [3.8, 4) is 0 Å². The van der Waals surface area contributed by atoms with Crippen LogP contribution in [-0.4, -0.2) is 23.5 Å². The molecule has 2 aromatic carbocycles. The molecule has 3 atom stereocenters. The quantitative estimate of drug-likeness (QED) is 0.509. The molecular weight excluding hydrogens is 328 g/mol. The van der Waals surface area contributed by atoms with Crippen LogP contribution in [0, 0.1) is 11.8 Å². The molecule has 4 heteroatoms. The summed E-state index contributed by atoms with van der Waals surface area (Å²) in [5.74, 6) is -1.59. The number of Topliss-reactive ketones (excluding diaryl/α,β-unsaturated/α-hetero) is 1. The lowest BCUT2D eigenvalue weighted by molar-refractivity contribution is -0.144. The van der Waals surface area contributed by atoms with Crippen LogP contribution in [0.4, 0.5) is 0 Å². The maximum atomic E-state index is 13.3. The zero-order valence-electron chi connectivity index (χ0n) is 14.7. The van der Waals surface area contributed by atoms with E-state index in [0.717, 1.165) is 0 Å². The number of ether oxygens (including phenoxy) is 1. The van der Waals surface area contributed by atoms with Crippen LogP contribution in [0.25, 0.3) is 0 Å². The minimum atomic E-state index is -1.45. The van der Waals surface area contributed by atoms with Crippen molar-refractivity contribution in [3.05, 3.63) is 83.9 Å². The molecule has 0 aliphatic heterocycles. The van der Waals surface area contributed by atoms with Gasteiger partial charge in [0.1, 0.15) is 5.60 Å². The van der Waals surface area contributed by atoms with Gasteiger partial charge in [-0.25, -0.2) is 0 Å². The molecule has 134 valence electrons. The monoisotopic (exact) mass is 350 g/mol. The van der Waals surface area contributed by atoms with E-state index in [-0.39, 0.29) is 18.3 Å². The van der Waals surface area contributed by atoms with Gasteiger partial charge in [-0.15, -0.1) is 0 Å². The Bertz CT molecular complexity index is 797. The van der Waals surface area contributed by atoms with Crippen molar-refractivity contribution < 1.29 is 19.4 Å². The molecule has 2 aromatic rings. The lowest BCUT2D eigenvalue weighted by Gasteiger charge is -2.40. The Morgan fingerprint density at radius 2 is 1.69 bits per heavy atom. The lowest BCUT2D eigenvalue weighted by Crippen LogP contribution is -2.46. The highest BCUT2D eigenvalue weighted by Gasteiger charge is 2.47. The van der Waals surface area contributed by atoms with Gasteiger partial charge in [0.25, 0.3) is 0 Å². The van der Waals surface area contributed by atoms with Crippen molar-refractivity contribution in [2.45, 2.75) is 18.9 Å². The molecule has 26 heavy (non-hydrogen) atoms. The molecule has 0 aromatic heterocycles. The van der Waals surface area contributed by atoms with E-state index in [1.54, 1.807) is 30.3 Å². The molecule has 0 heterocycles. The van der Waals surface area contributed by atoms with Gasteiger partial charge in [-0.3, -0.25) is 9.59 Å². The van der Waals surface area contributed by atoms with Crippen LogP contribution in [0.3, 0.4) is 0 Å². The molecule has 0 amide bonds. The molecule has 0 saturated heterocycles. The van der Waals surface area contributed by atoms with E-state index in [1.807, 2.05) is 42.5 Å². The maximum Gasteiger partial charge on any atom is 0.302 e. The molecule has 4 nitrogen and oxygen atoms in total. The normalized spacial score (nSPS) is 24.8. The van der Waals surface area contributed by atoms with Gasteiger partial charge >= 0.3 is 5.97 Å². The Balaban J connectivity index is 2.04. The highest BCUT2D eigenvalue weighted by Crippen LogP contribution is 2.43. The molecule has 1 aliphatic rings. The average molecular weight is 350 g/mol. The predicted molar refractivity (Wildman–Crippen MR) is 98.5 cm³/mol. The van der Waals surface area contributed by atoms with E-state index in [0.29, 0.717) is 17.5 Å². The van der Waals surface area contributed by atoms with Gasteiger partial charge in [0.15, 0.2) is 5.78 Å². The number of rotatable bonds is 5. The zero-order valence-corrected chi connectivity index (χ0v) is 14.7. The van der Waals surface area contributed by atoms with Crippen molar-refractivity contribution in [1.29, 1.82) is 0 Å². The summed E-state index contributed by atoms with van der Waals surface area (Å²) in [7, 11) is 0. The summed E-state index contributed by atoms with van der Waals surface area (Å²) in [5, 5.41) is 11.5. The van der Waals surface area contributed by atoms with E-state index in [2.05, 4.69) is 0 Å². The van der Waals surface area contributed by atoms with Crippen molar-refractivity contribution in [3.63, 3.8) is 0 Å². The molecule has 3 rings (SSSR count). The minimum Gasteiger partial charge on any atom is -0.466 e. The third-order valence-electron chi connectivity index (χ3n) is 4.83. The second-order valence-corrected chi connectivity index (χ2v) is 6.60. The smallest absolute Gasteiger partial charge is 0.302 e. The molecule has 0 spiro atoms. The standard InChI is InChI=1S/C22H22O4/c1-16(23)26-15-18-11-8-14-22(25,19-12-6-3-7-13-19)20(18)21(24)17-9-4-2-5-10-17/h2-10,12-14,18,20,25H,11,15H2,1H3/t18-,20+,22+/m0/s1. The van der Waals surface area contributed by atoms with Gasteiger partial charge in [0.2, 0.25) is 0 Å². The molecule has 1 aliphatic carbocycles. The van der Waals surface area contributed by atoms with Gasteiger partial charge in [-0.05, 0) is 12.0 Å². The Morgan fingerprint density at radius 1 is 1.08 bits per heavy atom. The van der Waals surface area contributed by atoms with Gasteiger partial charge in [-0.2, -0.15) is 0 Å². The van der Waals surface area contributed by atoms with Crippen LogP contribution < -0.4 is 0 Å². The Labute approximate surface area is 153 Å². The number of benzene rings is 2. The number of hydrogen-bond acceptors (Lipinski definition) is 4. The fraction of sp³-hybridized carbons (Fsp3) is 0.273. The largest absolute Gasteiger partial charge is 0.466 e. The lowest BCUT2D eigenvalue weighted by atomic mass is 9.67. The Hall–Kier alpha value is -2.72. The number of aliphatic hydroxyl groups is 1. The highest BCUT2D eigenvalue weighted by molar-refractivity contribution is 5.99. The maximum absolute atomic E-state index is 13.3. The summed E-state index contributed by atoms with van der Waals surface area (Å²) >= 11 is 0. The van der Waals surface area contributed by atoms with Gasteiger partial charge in [0, 0.05) is 18.4 Å². The summed E-state index contributed by atoms with van der Waals surface area (Å²) in [5.41, 5.74) is -0.259. The second-order valence-electron chi connectivity index (χ2n) is 6.60. The second kappa shape index (κ2) is 7.67. The first-order valence-corrected chi connectivity index (χ1v) is 8.70. The van der Waals surface area contributed by atoms with Crippen molar-refractivity contribution in [2.75, 3.05) is 6.61 Å². The van der Waals surface area contributed by atoms with Gasteiger partial charge in [-0.1, -0.05) is 72.8 Å². The van der Waals surface area contributed by atoms with E-state index in [4.69, 9.17) is 4.74 Å². The minimum absolute atomic E-state index is 0.0953. The van der Waals surface area contributed by atoms with Crippen LogP contribution in [0.2, 0.25) is 0 Å². The number of carbonyl (C=O) groups is 2. The first kappa shape index (κ1) is 18.1. The van der Waals surface area contributed by atoms with Crippen molar-refractivity contribution in [2.24, 2.45) is 11.8 Å².